The van der Waals surface area contributed by atoms with E-state index in [-0.39, 0.29) is 10.3 Å². The van der Waals surface area contributed by atoms with Gasteiger partial charge in [0.1, 0.15) is 5.75 Å². The van der Waals surface area contributed by atoms with Gasteiger partial charge in [-0.05, 0) is 60.6 Å². The molecule has 0 aromatic heterocycles. The van der Waals surface area contributed by atoms with Crippen molar-refractivity contribution in [2.45, 2.75) is 58.8 Å². The predicted octanol–water partition coefficient (Wildman–Crippen LogP) is 5.80. The topological polar surface area (TPSA) is 9.23 Å². The third-order valence-corrected chi connectivity index (χ3v) is 9.60. The van der Waals surface area contributed by atoms with E-state index in [0.29, 0.717) is 6.61 Å². The Hall–Kier alpha value is 0.402. The van der Waals surface area contributed by atoms with E-state index in [4.69, 9.17) is 11.4 Å². The van der Waals surface area contributed by atoms with Crippen LogP contribution in [0.2, 0.25) is 0 Å². The Morgan fingerprint density at radius 1 is 1.10 bits per heavy atom. The molecule has 1 nitrogen and oxygen atoms in total. The van der Waals surface area contributed by atoms with Crippen LogP contribution in [0.3, 0.4) is 0 Å². The average Bonchev–Trinajstić information content (AvgIpc) is 2.38. The summed E-state index contributed by atoms with van der Waals surface area (Å²) in [6.45, 7) is 21.3. The van der Waals surface area contributed by atoms with Gasteiger partial charge in [-0.2, -0.15) is 6.66 Å². The van der Waals surface area contributed by atoms with Crippen LogP contribution in [-0.4, -0.2) is 16.9 Å². The molecule has 1 aromatic carbocycles. The summed E-state index contributed by atoms with van der Waals surface area (Å²) in [5, 5.41) is 1.71. The van der Waals surface area contributed by atoms with Crippen LogP contribution in [0.5, 0.6) is 5.75 Å². The Labute approximate surface area is 146 Å². The minimum absolute atomic E-state index is 0.177. The van der Waals surface area contributed by atoms with Crippen molar-refractivity contribution < 1.29 is 22.9 Å². The zero-order chi connectivity index (χ0) is 16.9. The molecule has 0 fully saturated rings. The summed E-state index contributed by atoms with van der Waals surface area (Å²) < 4.78 is 5.66. The van der Waals surface area contributed by atoms with Gasteiger partial charge in [0, 0.05) is 6.07 Å². The number of ether oxygens (including phenoxy) is 1. The second-order valence-corrected chi connectivity index (χ2v) is 11.9. The standard InChI is InChI=1S/C17H29OP.ClH.Pd/c1-9-18-14-11-10-12-15(13-14)19(8,16(2,3)4)17(5,6)7;;/h10-13H,8-9H2,1-7H3;1H;/q;;+2/p-1. The summed E-state index contributed by atoms with van der Waals surface area (Å²) in [6.07, 6.45) is 0. The average molecular weight is 422 g/mol. The second-order valence-electron chi connectivity index (χ2n) is 7.08. The molecule has 1 aromatic rings. The molecule has 0 saturated heterocycles. The van der Waals surface area contributed by atoms with Crippen molar-refractivity contribution >= 4 is 22.1 Å². The van der Waals surface area contributed by atoms with Gasteiger partial charge >= 0.3 is 27.7 Å². The van der Waals surface area contributed by atoms with Crippen molar-refractivity contribution in [3.63, 3.8) is 0 Å². The van der Waals surface area contributed by atoms with E-state index in [0.717, 1.165) is 5.75 Å². The maximum absolute atomic E-state index is 5.66. The molecule has 0 unspecified atom stereocenters. The molecule has 0 N–H and O–H groups in total. The van der Waals surface area contributed by atoms with Gasteiger partial charge in [0.05, 0.1) is 22.2 Å². The first-order chi connectivity index (χ1) is 9.54. The molecule has 0 aliphatic carbocycles. The van der Waals surface area contributed by atoms with Crippen LogP contribution >= 0.6 is 16.8 Å². The molecule has 0 heterocycles. The summed E-state index contributed by atoms with van der Waals surface area (Å²) >= 11 is 2.22. The first-order valence-corrected chi connectivity index (χ1v) is 11.1. The zero-order valence-electron chi connectivity index (χ0n) is 14.3. The Balaban J connectivity index is 0.00000191. The van der Waals surface area contributed by atoms with Crippen molar-refractivity contribution in [2.75, 3.05) is 6.61 Å². The summed E-state index contributed by atoms with van der Waals surface area (Å²) in [5.41, 5.74) is 0. The van der Waals surface area contributed by atoms with E-state index in [1.165, 1.54) is 5.30 Å². The van der Waals surface area contributed by atoms with E-state index in [2.05, 4.69) is 87.5 Å². The Kier molecular flexibility index (Phi) is 8.47. The monoisotopic (exact) mass is 421 g/mol. The molecule has 0 radical (unpaired) electrons. The van der Waals surface area contributed by atoms with E-state index >= 15 is 0 Å². The van der Waals surface area contributed by atoms with E-state index in [1.807, 2.05) is 13.0 Å². The van der Waals surface area contributed by atoms with Gasteiger partial charge < -0.3 is 4.74 Å². The summed E-state index contributed by atoms with van der Waals surface area (Å²) in [4.78, 5) is 0. The molecule has 124 valence electrons. The van der Waals surface area contributed by atoms with Crippen molar-refractivity contribution in [1.82, 2.24) is 0 Å². The first-order valence-electron chi connectivity index (χ1n) is 7.13. The maximum atomic E-state index is 5.66. The molecule has 0 aliphatic heterocycles. The fourth-order valence-corrected chi connectivity index (χ4v) is 7.01. The molecule has 0 amide bonds. The molecule has 0 aliphatic rings. The molecular formula is C17H29ClOPPd+. The molecule has 0 atom stereocenters. The quantitative estimate of drug-likeness (QED) is 0.340. The number of hydrogen-bond acceptors (Lipinski definition) is 1. The van der Waals surface area contributed by atoms with E-state index < -0.39 is 7.26 Å². The van der Waals surface area contributed by atoms with Gasteiger partial charge in [0.15, 0.2) is 0 Å². The molecule has 1 rings (SSSR count). The number of rotatable bonds is 3. The summed E-state index contributed by atoms with van der Waals surface area (Å²) in [5.74, 6) is 0.960. The number of benzene rings is 1. The van der Waals surface area contributed by atoms with Crippen LogP contribution in [-0.2, 0) is 18.2 Å². The van der Waals surface area contributed by atoms with Crippen molar-refractivity contribution in [3.8, 4) is 5.75 Å². The summed E-state index contributed by atoms with van der Waals surface area (Å²) in [7, 11) is 2.92. The molecule has 21 heavy (non-hydrogen) atoms. The van der Waals surface area contributed by atoms with Crippen LogP contribution in [0.4, 0.5) is 0 Å². The predicted molar refractivity (Wildman–Crippen MR) is 94.9 cm³/mol. The Morgan fingerprint density at radius 3 is 1.95 bits per heavy atom. The van der Waals surface area contributed by atoms with Crippen molar-refractivity contribution in [1.29, 1.82) is 0 Å². The molecular weight excluding hydrogens is 393 g/mol. The zero-order valence-corrected chi connectivity index (χ0v) is 17.5. The fourth-order valence-electron chi connectivity index (χ4n) is 2.76. The molecule has 0 saturated carbocycles. The number of hydrogen-bond donors (Lipinski definition) is 0. The third kappa shape index (κ3) is 4.94. The van der Waals surface area contributed by atoms with Crippen LogP contribution in [0.15, 0.2) is 24.3 Å². The van der Waals surface area contributed by atoms with Gasteiger partial charge in [-0.25, -0.2) is 0 Å². The van der Waals surface area contributed by atoms with Gasteiger partial charge in [-0.3, -0.25) is 0 Å². The van der Waals surface area contributed by atoms with Crippen LogP contribution < -0.4 is 10.0 Å². The Morgan fingerprint density at radius 2 is 1.57 bits per heavy atom. The first kappa shape index (κ1) is 21.4. The van der Waals surface area contributed by atoms with Crippen molar-refractivity contribution in [2.24, 2.45) is 0 Å². The van der Waals surface area contributed by atoms with Gasteiger partial charge in [-0.15, -0.1) is 0 Å². The van der Waals surface area contributed by atoms with Gasteiger partial charge in [-0.1, -0.05) is 13.3 Å². The third-order valence-electron chi connectivity index (χ3n) is 3.86. The molecule has 0 bridgehead atoms. The van der Waals surface area contributed by atoms with E-state index in [9.17, 15) is 0 Å². The SMILES string of the molecule is [CH2-][P+](c1cccc(OCC)c1)(C(C)(C)C)C(C)(C)C.[Cl][Pd+]. The molecule has 4 heteroatoms. The normalized spacial score (nSPS) is 12.5. The Bertz CT molecular complexity index is 421. The van der Waals surface area contributed by atoms with Gasteiger partial charge in [0.2, 0.25) is 0 Å². The van der Waals surface area contributed by atoms with Crippen LogP contribution in [0, 0.1) is 6.66 Å². The molecule has 0 spiro atoms. The van der Waals surface area contributed by atoms with Crippen LogP contribution in [0.25, 0.3) is 0 Å². The minimum atomic E-state index is -1.57. The van der Waals surface area contributed by atoms with Crippen molar-refractivity contribution in [3.05, 3.63) is 30.9 Å². The second kappa shape index (κ2) is 8.31. The van der Waals surface area contributed by atoms with Crippen LogP contribution in [0.1, 0.15) is 48.5 Å². The summed E-state index contributed by atoms with van der Waals surface area (Å²) in [6, 6.07) is 8.54. The fraction of sp³-hybridized carbons (Fsp3) is 0.588. The van der Waals surface area contributed by atoms with E-state index in [1.54, 1.807) is 0 Å². The van der Waals surface area contributed by atoms with Gasteiger partial charge in [0.25, 0.3) is 0 Å². The number of halogens is 1.